The number of aliphatic hydroxyl groups excluding tert-OH is 1. The summed E-state index contributed by atoms with van der Waals surface area (Å²) >= 11 is 1.45. The van der Waals surface area contributed by atoms with Gasteiger partial charge in [0.2, 0.25) is 11.8 Å². The monoisotopic (exact) mass is 712 g/mol. The van der Waals surface area contributed by atoms with Gasteiger partial charge in [0.05, 0.1) is 24.4 Å². The fourth-order valence-corrected chi connectivity index (χ4v) is 7.04. The number of unbranched alkanes of at least 4 members (excludes halogenated alkanes) is 3. The number of aromatic carboxylic acids is 1. The molecule has 0 spiro atoms. The highest BCUT2D eigenvalue weighted by Gasteiger charge is 2.32. The van der Waals surface area contributed by atoms with Gasteiger partial charge in [-0.25, -0.2) is 10.3 Å². The van der Waals surface area contributed by atoms with Gasteiger partial charge in [0, 0.05) is 42.0 Å². The zero-order valence-electron chi connectivity index (χ0n) is 28.3. The second-order valence-corrected chi connectivity index (χ2v) is 13.6. The topological polar surface area (TPSA) is 154 Å². The number of carbonyl (C=O) groups excluding carboxylic acids is 2. The van der Waals surface area contributed by atoms with Crippen LogP contribution in [0.1, 0.15) is 90.0 Å². The van der Waals surface area contributed by atoms with Crippen LogP contribution in [0.25, 0.3) is 11.1 Å². The molecule has 0 unspecified atom stereocenters. The number of benzene rings is 4. The number of hydrogen-bond donors (Lipinski definition) is 5. The van der Waals surface area contributed by atoms with Crippen LogP contribution in [0.15, 0.2) is 102 Å². The molecular weight excluding hydrogens is 669 g/mol. The molecule has 2 amide bonds. The summed E-state index contributed by atoms with van der Waals surface area (Å²) in [5, 5.41) is 30.8. The Morgan fingerprint density at radius 3 is 2.18 bits per heavy atom. The van der Waals surface area contributed by atoms with Gasteiger partial charge in [-0.05, 0) is 64.9 Å². The van der Waals surface area contributed by atoms with Gasteiger partial charge < -0.3 is 25.0 Å². The SMILES string of the molecule is O=C(CCCCCCC(=O)NCc1cccc(-c2cccc([C@H]3O[C@@H](CSc4ccccc4C(=O)O)C[C@@H](c4ccc(CO)cc4)O3)c2)c1)NO. The van der Waals surface area contributed by atoms with Crippen molar-refractivity contribution in [1.82, 2.24) is 10.8 Å². The zero-order chi connectivity index (χ0) is 36.0. The minimum Gasteiger partial charge on any atom is -0.478 e. The van der Waals surface area contributed by atoms with Crippen molar-refractivity contribution in [3.8, 4) is 11.1 Å². The van der Waals surface area contributed by atoms with Crippen molar-refractivity contribution in [2.24, 2.45) is 0 Å². The van der Waals surface area contributed by atoms with E-state index in [2.05, 4.69) is 11.4 Å². The molecule has 4 aromatic carbocycles. The molecule has 1 aliphatic heterocycles. The zero-order valence-corrected chi connectivity index (χ0v) is 29.1. The van der Waals surface area contributed by atoms with E-state index in [0.717, 1.165) is 52.6 Å². The summed E-state index contributed by atoms with van der Waals surface area (Å²) in [6.45, 7) is 0.357. The average Bonchev–Trinajstić information content (AvgIpc) is 3.17. The Hall–Kier alpha value is -4.52. The van der Waals surface area contributed by atoms with Crippen LogP contribution in [0.5, 0.6) is 0 Å². The number of amides is 2. The fraction of sp³-hybridized carbons (Fsp3) is 0.325. The van der Waals surface area contributed by atoms with E-state index in [0.29, 0.717) is 36.5 Å². The van der Waals surface area contributed by atoms with Gasteiger partial charge in [-0.3, -0.25) is 14.8 Å². The standard InChI is InChI=1S/C40H44N2O8S/c43-25-27-17-19-29(20-18-27)35-23-33(26-51-36-14-6-5-13-34(36)39(46)47)49-40(50-35)32-12-8-11-31(22-32)30-10-7-9-28(21-30)24-41-37(44)15-3-1-2-4-16-38(45)42-48/h5-14,17-22,33,35,40,43,48H,1-4,15-16,23-26H2,(H,41,44)(H,42,45)(H,46,47)/t33-,35+,40+/m1/s1. The Bertz CT molecular complexity index is 1770. The third-order valence-corrected chi connectivity index (χ3v) is 9.95. The van der Waals surface area contributed by atoms with Crippen molar-refractivity contribution in [3.63, 3.8) is 0 Å². The third-order valence-electron chi connectivity index (χ3n) is 8.75. The van der Waals surface area contributed by atoms with Crippen LogP contribution in [-0.2, 0) is 32.2 Å². The number of thioether (sulfide) groups is 1. The maximum atomic E-state index is 12.5. The number of hydroxylamine groups is 1. The molecule has 1 aliphatic rings. The Morgan fingerprint density at radius 1 is 0.745 bits per heavy atom. The van der Waals surface area contributed by atoms with E-state index in [1.165, 1.54) is 11.8 Å². The molecule has 5 N–H and O–H groups in total. The van der Waals surface area contributed by atoms with Crippen LogP contribution in [0, 0.1) is 0 Å². The summed E-state index contributed by atoms with van der Waals surface area (Å²) in [7, 11) is 0. The number of ether oxygens (including phenoxy) is 2. The van der Waals surface area contributed by atoms with Crippen LogP contribution < -0.4 is 10.8 Å². The molecule has 0 saturated carbocycles. The molecule has 0 aliphatic carbocycles. The van der Waals surface area contributed by atoms with E-state index in [9.17, 15) is 24.6 Å². The lowest BCUT2D eigenvalue weighted by molar-refractivity contribution is -0.245. The van der Waals surface area contributed by atoms with Gasteiger partial charge in [0.1, 0.15) is 0 Å². The second kappa shape index (κ2) is 19.2. The lowest BCUT2D eigenvalue weighted by atomic mass is 9.99. The number of carbonyl (C=O) groups is 3. The maximum absolute atomic E-state index is 12.5. The first kappa shape index (κ1) is 37.7. The van der Waals surface area contributed by atoms with E-state index >= 15 is 0 Å². The highest BCUT2D eigenvalue weighted by Crippen LogP contribution is 2.40. The summed E-state index contributed by atoms with van der Waals surface area (Å²) in [4.78, 5) is 36.1. The predicted octanol–water partition coefficient (Wildman–Crippen LogP) is 7.34. The van der Waals surface area contributed by atoms with Gasteiger partial charge in [-0.1, -0.05) is 85.6 Å². The van der Waals surface area contributed by atoms with Crippen molar-refractivity contribution in [3.05, 3.63) is 125 Å². The Labute approximate surface area is 302 Å². The van der Waals surface area contributed by atoms with Crippen LogP contribution in [-0.4, -0.2) is 45.1 Å². The van der Waals surface area contributed by atoms with E-state index in [1.807, 2.05) is 78.9 Å². The van der Waals surface area contributed by atoms with E-state index in [-0.39, 0.29) is 36.7 Å². The summed E-state index contributed by atoms with van der Waals surface area (Å²) in [5.41, 5.74) is 7.45. The first-order valence-electron chi connectivity index (χ1n) is 17.2. The molecule has 0 aromatic heterocycles. The van der Waals surface area contributed by atoms with E-state index in [4.69, 9.17) is 14.7 Å². The lowest BCUT2D eigenvalue weighted by Gasteiger charge is -2.36. The molecule has 11 heteroatoms. The smallest absolute Gasteiger partial charge is 0.336 e. The summed E-state index contributed by atoms with van der Waals surface area (Å²) in [5.74, 6) is -0.854. The van der Waals surface area contributed by atoms with E-state index < -0.39 is 18.2 Å². The first-order chi connectivity index (χ1) is 24.8. The summed E-state index contributed by atoms with van der Waals surface area (Å²) in [6.07, 6.45) is 3.13. The number of carboxylic acids is 1. The van der Waals surface area contributed by atoms with Gasteiger partial charge in [-0.2, -0.15) is 0 Å². The average molecular weight is 713 g/mol. The minimum atomic E-state index is -0.968. The normalized spacial score (nSPS) is 17.1. The van der Waals surface area contributed by atoms with Gasteiger partial charge in [0.25, 0.3) is 0 Å². The number of carboxylic acid groups (broad SMARTS) is 1. The molecule has 1 saturated heterocycles. The highest BCUT2D eigenvalue weighted by molar-refractivity contribution is 7.99. The summed E-state index contributed by atoms with van der Waals surface area (Å²) < 4.78 is 13.1. The molecule has 5 rings (SSSR count). The molecule has 51 heavy (non-hydrogen) atoms. The Kier molecular flexibility index (Phi) is 14.2. The fourth-order valence-electron chi connectivity index (χ4n) is 5.97. The molecule has 1 fully saturated rings. The van der Waals surface area contributed by atoms with Crippen molar-refractivity contribution in [2.45, 2.75) is 81.5 Å². The van der Waals surface area contributed by atoms with Gasteiger partial charge in [0.15, 0.2) is 6.29 Å². The first-order valence-corrected chi connectivity index (χ1v) is 18.2. The van der Waals surface area contributed by atoms with Crippen LogP contribution in [0.3, 0.4) is 0 Å². The molecule has 268 valence electrons. The second-order valence-electron chi connectivity index (χ2n) is 12.5. The number of aliphatic hydroxyl groups is 1. The van der Waals surface area contributed by atoms with Crippen LogP contribution >= 0.6 is 11.8 Å². The minimum absolute atomic E-state index is 0.0261. The lowest BCUT2D eigenvalue weighted by Crippen LogP contribution is -2.31. The largest absolute Gasteiger partial charge is 0.478 e. The predicted molar refractivity (Wildman–Crippen MR) is 194 cm³/mol. The van der Waals surface area contributed by atoms with Crippen molar-refractivity contribution < 1.29 is 39.3 Å². The number of rotatable bonds is 17. The van der Waals surface area contributed by atoms with Crippen molar-refractivity contribution in [2.75, 3.05) is 5.75 Å². The van der Waals surface area contributed by atoms with E-state index in [1.54, 1.807) is 17.6 Å². The van der Waals surface area contributed by atoms with Crippen molar-refractivity contribution >= 4 is 29.5 Å². The number of hydrogen-bond acceptors (Lipinski definition) is 8. The molecule has 4 aromatic rings. The quantitative estimate of drug-likeness (QED) is 0.0327. The maximum Gasteiger partial charge on any atom is 0.336 e. The highest BCUT2D eigenvalue weighted by atomic mass is 32.2. The number of nitrogens with one attached hydrogen (secondary N) is 2. The third kappa shape index (κ3) is 11.2. The molecule has 0 radical (unpaired) electrons. The van der Waals surface area contributed by atoms with Crippen molar-refractivity contribution in [1.29, 1.82) is 0 Å². The van der Waals surface area contributed by atoms with Gasteiger partial charge >= 0.3 is 5.97 Å². The molecule has 0 bridgehead atoms. The van der Waals surface area contributed by atoms with Crippen LogP contribution in [0.2, 0.25) is 0 Å². The Morgan fingerprint density at radius 2 is 1.45 bits per heavy atom. The Balaban J connectivity index is 1.24. The summed E-state index contributed by atoms with van der Waals surface area (Å²) in [6, 6.07) is 30.7. The molecular formula is C40H44N2O8S. The van der Waals surface area contributed by atoms with Gasteiger partial charge in [-0.15, -0.1) is 11.8 Å². The molecule has 10 nitrogen and oxygen atoms in total. The molecule has 3 atom stereocenters. The van der Waals surface area contributed by atoms with Crippen LogP contribution in [0.4, 0.5) is 0 Å². The molecule has 1 heterocycles.